The lowest BCUT2D eigenvalue weighted by atomic mass is 9.97. The van der Waals surface area contributed by atoms with Crippen molar-refractivity contribution >= 4 is 11.9 Å². The first-order chi connectivity index (χ1) is 7.50. The minimum absolute atomic E-state index is 0.0169. The number of carbonyl (C=O) groups is 2. The summed E-state index contributed by atoms with van der Waals surface area (Å²) in [7, 11) is 0. The van der Waals surface area contributed by atoms with Crippen molar-refractivity contribution in [3.63, 3.8) is 0 Å². The number of rotatable bonds is 5. The van der Waals surface area contributed by atoms with Gasteiger partial charge < -0.3 is 10.4 Å². The highest BCUT2D eigenvalue weighted by atomic mass is 16.4. The van der Waals surface area contributed by atoms with Crippen LogP contribution in [0.5, 0.6) is 0 Å². The normalized spacial score (nSPS) is 22.7. The highest BCUT2D eigenvalue weighted by molar-refractivity contribution is 5.94. The number of allylic oxidation sites excluding steroid dienone is 1. The highest BCUT2D eigenvalue weighted by Crippen LogP contribution is 2.57. The molecule has 1 amide bonds. The van der Waals surface area contributed by atoms with Gasteiger partial charge in [-0.25, -0.2) is 4.79 Å². The number of carbonyl (C=O) groups excluding carboxylic acids is 1. The SMILES string of the molecule is C/C=C(/NC(=O)C1CC1(CC)CC)C(=O)O. The fourth-order valence-electron chi connectivity index (χ4n) is 2.22. The molecule has 0 saturated heterocycles. The Bertz CT molecular complexity index is 329. The van der Waals surface area contributed by atoms with Crippen molar-refractivity contribution < 1.29 is 14.7 Å². The molecule has 0 radical (unpaired) electrons. The van der Waals surface area contributed by atoms with Gasteiger partial charge in [-0.3, -0.25) is 4.79 Å². The fraction of sp³-hybridized carbons (Fsp3) is 0.667. The van der Waals surface area contributed by atoms with E-state index in [4.69, 9.17) is 5.11 Å². The van der Waals surface area contributed by atoms with Crippen LogP contribution in [0.3, 0.4) is 0 Å². The Kier molecular flexibility index (Phi) is 3.73. The van der Waals surface area contributed by atoms with Gasteiger partial charge in [-0.05, 0) is 31.6 Å². The molecule has 4 nitrogen and oxygen atoms in total. The molecule has 2 N–H and O–H groups in total. The molecule has 4 heteroatoms. The van der Waals surface area contributed by atoms with E-state index in [2.05, 4.69) is 19.2 Å². The minimum Gasteiger partial charge on any atom is -0.477 e. The van der Waals surface area contributed by atoms with E-state index in [9.17, 15) is 9.59 Å². The maximum absolute atomic E-state index is 11.8. The number of amides is 1. The summed E-state index contributed by atoms with van der Waals surface area (Å²) < 4.78 is 0. The molecule has 1 fully saturated rings. The van der Waals surface area contributed by atoms with E-state index in [1.807, 2.05) is 0 Å². The van der Waals surface area contributed by atoms with Crippen molar-refractivity contribution in [2.45, 2.75) is 40.0 Å². The molecule has 1 saturated carbocycles. The lowest BCUT2D eigenvalue weighted by Crippen LogP contribution is -2.30. The first-order valence-electron chi connectivity index (χ1n) is 5.71. The first kappa shape index (κ1) is 12.7. The van der Waals surface area contributed by atoms with Crippen LogP contribution in [0.15, 0.2) is 11.8 Å². The predicted octanol–water partition coefficient (Wildman–Crippen LogP) is 1.92. The Morgan fingerprint density at radius 1 is 1.44 bits per heavy atom. The molecule has 0 bridgehead atoms. The molecule has 0 heterocycles. The van der Waals surface area contributed by atoms with Gasteiger partial charge in [0.15, 0.2) is 0 Å². The molecule has 0 spiro atoms. The third kappa shape index (κ3) is 2.26. The molecular weight excluding hydrogens is 206 g/mol. The summed E-state index contributed by atoms with van der Waals surface area (Å²) >= 11 is 0. The minimum atomic E-state index is -1.09. The summed E-state index contributed by atoms with van der Waals surface area (Å²) in [5.41, 5.74) is 0.0829. The van der Waals surface area contributed by atoms with Crippen molar-refractivity contribution in [3.8, 4) is 0 Å². The number of aliphatic carboxylic acids is 1. The molecule has 1 aliphatic carbocycles. The van der Waals surface area contributed by atoms with Crippen LogP contribution in [0.1, 0.15) is 40.0 Å². The molecule has 1 aliphatic rings. The number of hydrogen-bond donors (Lipinski definition) is 2. The highest BCUT2D eigenvalue weighted by Gasteiger charge is 2.55. The van der Waals surface area contributed by atoms with Gasteiger partial charge in [0.05, 0.1) is 0 Å². The lowest BCUT2D eigenvalue weighted by Gasteiger charge is -2.12. The van der Waals surface area contributed by atoms with Crippen LogP contribution in [0.4, 0.5) is 0 Å². The first-order valence-corrected chi connectivity index (χ1v) is 5.71. The summed E-state index contributed by atoms with van der Waals surface area (Å²) in [6.45, 7) is 5.75. The Hall–Kier alpha value is -1.32. The van der Waals surface area contributed by atoms with Crippen molar-refractivity contribution in [2.24, 2.45) is 11.3 Å². The Labute approximate surface area is 95.7 Å². The summed E-state index contributed by atoms with van der Waals surface area (Å²) in [4.78, 5) is 22.5. The van der Waals surface area contributed by atoms with Crippen LogP contribution in [0, 0.1) is 11.3 Å². The maximum Gasteiger partial charge on any atom is 0.352 e. The van der Waals surface area contributed by atoms with E-state index >= 15 is 0 Å². The molecule has 0 aromatic heterocycles. The van der Waals surface area contributed by atoms with Crippen LogP contribution in [-0.4, -0.2) is 17.0 Å². The van der Waals surface area contributed by atoms with Crippen molar-refractivity contribution in [2.75, 3.05) is 0 Å². The average molecular weight is 225 g/mol. The largest absolute Gasteiger partial charge is 0.477 e. The second kappa shape index (κ2) is 4.68. The van der Waals surface area contributed by atoms with Gasteiger partial charge >= 0.3 is 5.97 Å². The second-order valence-electron chi connectivity index (χ2n) is 4.32. The van der Waals surface area contributed by atoms with E-state index < -0.39 is 5.97 Å². The summed E-state index contributed by atoms with van der Waals surface area (Å²) in [5.74, 6) is -1.26. The van der Waals surface area contributed by atoms with Crippen LogP contribution < -0.4 is 5.32 Å². The van der Waals surface area contributed by atoms with Gasteiger partial charge in [-0.2, -0.15) is 0 Å². The second-order valence-corrected chi connectivity index (χ2v) is 4.32. The molecule has 16 heavy (non-hydrogen) atoms. The Morgan fingerprint density at radius 3 is 2.31 bits per heavy atom. The zero-order chi connectivity index (χ0) is 12.3. The molecule has 0 aliphatic heterocycles. The van der Waals surface area contributed by atoms with E-state index in [1.165, 1.54) is 6.08 Å². The van der Waals surface area contributed by atoms with Gasteiger partial charge in [-0.1, -0.05) is 19.9 Å². The number of hydrogen-bond acceptors (Lipinski definition) is 2. The molecule has 0 aromatic rings. The quantitative estimate of drug-likeness (QED) is 0.702. The summed E-state index contributed by atoms with van der Waals surface area (Å²) in [6, 6.07) is 0. The van der Waals surface area contributed by atoms with E-state index in [-0.39, 0.29) is 22.9 Å². The zero-order valence-electron chi connectivity index (χ0n) is 10.0. The van der Waals surface area contributed by atoms with Crippen LogP contribution in [-0.2, 0) is 9.59 Å². The third-order valence-electron chi connectivity index (χ3n) is 3.69. The Balaban J connectivity index is 2.59. The van der Waals surface area contributed by atoms with Gasteiger partial charge in [0, 0.05) is 5.92 Å². The maximum atomic E-state index is 11.8. The number of nitrogens with one attached hydrogen (secondary N) is 1. The topological polar surface area (TPSA) is 66.4 Å². The van der Waals surface area contributed by atoms with Gasteiger partial charge in [-0.15, -0.1) is 0 Å². The van der Waals surface area contributed by atoms with E-state index in [0.29, 0.717) is 0 Å². The van der Waals surface area contributed by atoms with Crippen LogP contribution in [0.2, 0.25) is 0 Å². The van der Waals surface area contributed by atoms with Crippen LogP contribution >= 0.6 is 0 Å². The predicted molar refractivity (Wildman–Crippen MR) is 60.7 cm³/mol. The fourth-order valence-corrected chi connectivity index (χ4v) is 2.22. The molecule has 1 unspecified atom stereocenters. The average Bonchev–Trinajstić information content (AvgIpc) is 3.00. The summed E-state index contributed by atoms with van der Waals surface area (Å²) in [5, 5.41) is 11.3. The number of carboxylic acids is 1. The molecule has 1 rings (SSSR count). The Morgan fingerprint density at radius 2 is 2.00 bits per heavy atom. The standard InChI is InChI=1S/C12H19NO3/c1-4-9(11(15)16)13-10(14)8-7-12(8,5-2)6-3/h4,8H,5-7H2,1-3H3,(H,13,14)(H,15,16)/b9-4+. The van der Waals surface area contributed by atoms with E-state index in [1.54, 1.807) is 6.92 Å². The molecule has 0 aromatic carbocycles. The van der Waals surface area contributed by atoms with Crippen molar-refractivity contribution in [1.82, 2.24) is 5.32 Å². The molecule has 1 atom stereocenters. The lowest BCUT2D eigenvalue weighted by molar-refractivity contribution is -0.135. The van der Waals surface area contributed by atoms with Gasteiger partial charge in [0.25, 0.3) is 0 Å². The summed E-state index contributed by atoms with van der Waals surface area (Å²) in [6.07, 6.45) is 4.23. The molecule has 90 valence electrons. The molecular formula is C12H19NO3. The van der Waals surface area contributed by atoms with Crippen LogP contribution in [0.25, 0.3) is 0 Å². The van der Waals surface area contributed by atoms with Gasteiger partial charge in [0.1, 0.15) is 5.70 Å². The third-order valence-corrected chi connectivity index (χ3v) is 3.69. The smallest absolute Gasteiger partial charge is 0.352 e. The number of carboxylic acid groups (broad SMARTS) is 1. The zero-order valence-corrected chi connectivity index (χ0v) is 10.0. The van der Waals surface area contributed by atoms with E-state index in [0.717, 1.165) is 19.3 Å². The van der Waals surface area contributed by atoms with Crippen molar-refractivity contribution in [3.05, 3.63) is 11.8 Å². The van der Waals surface area contributed by atoms with Gasteiger partial charge in [0.2, 0.25) is 5.91 Å². The van der Waals surface area contributed by atoms with Crippen molar-refractivity contribution in [1.29, 1.82) is 0 Å². The monoisotopic (exact) mass is 225 g/mol.